The minimum atomic E-state index is -0.0441. The summed E-state index contributed by atoms with van der Waals surface area (Å²) in [5, 5.41) is 9.77. The Kier molecular flexibility index (Phi) is 1.50. The van der Waals surface area contributed by atoms with Crippen LogP contribution < -0.4 is 0 Å². The number of fused-ring (bicyclic) bond motifs is 3. The molecular weight excluding hydrogens is 160 g/mol. The standard InChI is InChI=1S/C12H14O/c13-12-6-5-10-9-4-2-1-3-8(9)7-11(10)12/h1-4,10-13H,5-7H2. The van der Waals surface area contributed by atoms with Crippen molar-refractivity contribution in [3.05, 3.63) is 35.4 Å². The predicted octanol–water partition coefficient (Wildman–Crippen LogP) is 2.10. The number of aliphatic hydroxyl groups is 1. The van der Waals surface area contributed by atoms with Crippen molar-refractivity contribution in [2.75, 3.05) is 0 Å². The Morgan fingerprint density at radius 1 is 1.15 bits per heavy atom. The van der Waals surface area contributed by atoms with Crippen LogP contribution in [0.15, 0.2) is 24.3 Å². The molecule has 1 aromatic rings. The Bertz CT molecular complexity index is 332. The molecule has 1 N–H and O–H groups in total. The lowest BCUT2D eigenvalue weighted by Crippen LogP contribution is -2.14. The van der Waals surface area contributed by atoms with Crippen LogP contribution in [0.1, 0.15) is 29.9 Å². The number of hydrogen-bond acceptors (Lipinski definition) is 1. The molecular formula is C12H14O. The van der Waals surface area contributed by atoms with Crippen molar-refractivity contribution in [1.82, 2.24) is 0 Å². The molecule has 68 valence electrons. The molecule has 1 fully saturated rings. The SMILES string of the molecule is OC1CCC2c3ccccc3CC12. The van der Waals surface area contributed by atoms with Gasteiger partial charge in [-0.2, -0.15) is 0 Å². The molecule has 0 spiro atoms. The molecule has 0 heterocycles. The third-order valence-corrected chi connectivity index (χ3v) is 3.69. The van der Waals surface area contributed by atoms with Crippen molar-refractivity contribution in [3.8, 4) is 0 Å². The first kappa shape index (κ1) is 7.57. The minimum absolute atomic E-state index is 0.0441. The number of rotatable bonds is 0. The molecule has 13 heavy (non-hydrogen) atoms. The molecule has 2 aliphatic carbocycles. The summed E-state index contributed by atoms with van der Waals surface area (Å²) in [4.78, 5) is 0. The molecule has 2 aliphatic rings. The van der Waals surface area contributed by atoms with Crippen LogP contribution in [0, 0.1) is 5.92 Å². The van der Waals surface area contributed by atoms with Gasteiger partial charge >= 0.3 is 0 Å². The second kappa shape index (κ2) is 2.58. The van der Waals surface area contributed by atoms with Crippen molar-refractivity contribution in [2.24, 2.45) is 5.92 Å². The van der Waals surface area contributed by atoms with Crippen LogP contribution in [0.5, 0.6) is 0 Å². The first-order valence-corrected chi connectivity index (χ1v) is 5.12. The molecule has 0 radical (unpaired) electrons. The van der Waals surface area contributed by atoms with Crippen molar-refractivity contribution in [1.29, 1.82) is 0 Å². The van der Waals surface area contributed by atoms with Crippen LogP contribution in [-0.4, -0.2) is 11.2 Å². The Hall–Kier alpha value is -0.820. The fourth-order valence-corrected chi connectivity index (χ4v) is 3.05. The van der Waals surface area contributed by atoms with Gasteiger partial charge in [0.05, 0.1) is 6.10 Å². The highest BCUT2D eigenvalue weighted by atomic mass is 16.3. The van der Waals surface area contributed by atoms with Gasteiger partial charge in [0.2, 0.25) is 0 Å². The molecule has 1 aromatic carbocycles. The third-order valence-electron chi connectivity index (χ3n) is 3.69. The quantitative estimate of drug-likeness (QED) is 0.638. The van der Waals surface area contributed by atoms with Gasteiger partial charge in [-0.25, -0.2) is 0 Å². The van der Waals surface area contributed by atoms with Crippen molar-refractivity contribution in [2.45, 2.75) is 31.3 Å². The van der Waals surface area contributed by atoms with E-state index in [9.17, 15) is 5.11 Å². The molecule has 3 rings (SSSR count). The van der Waals surface area contributed by atoms with Gasteiger partial charge in [0.25, 0.3) is 0 Å². The summed E-state index contributed by atoms with van der Waals surface area (Å²) in [6.07, 6.45) is 3.24. The second-order valence-electron chi connectivity index (χ2n) is 4.32. The highest BCUT2D eigenvalue weighted by Crippen LogP contribution is 2.48. The third kappa shape index (κ3) is 0.969. The van der Waals surface area contributed by atoms with E-state index in [1.807, 2.05) is 0 Å². The molecule has 1 nitrogen and oxygen atoms in total. The topological polar surface area (TPSA) is 20.2 Å². The molecule has 3 atom stereocenters. The zero-order chi connectivity index (χ0) is 8.84. The largest absolute Gasteiger partial charge is 0.393 e. The minimum Gasteiger partial charge on any atom is -0.393 e. The van der Waals surface area contributed by atoms with E-state index < -0.39 is 0 Å². The van der Waals surface area contributed by atoms with Crippen LogP contribution in [0.25, 0.3) is 0 Å². The highest BCUT2D eigenvalue weighted by Gasteiger charge is 2.41. The van der Waals surface area contributed by atoms with Crippen LogP contribution >= 0.6 is 0 Å². The van der Waals surface area contributed by atoms with Crippen molar-refractivity contribution < 1.29 is 5.11 Å². The second-order valence-corrected chi connectivity index (χ2v) is 4.32. The summed E-state index contributed by atoms with van der Waals surface area (Å²) >= 11 is 0. The fraction of sp³-hybridized carbons (Fsp3) is 0.500. The Balaban J connectivity index is 2.05. The summed E-state index contributed by atoms with van der Waals surface area (Å²) < 4.78 is 0. The Labute approximate surface area is 78.4 Å². The lowest BCUT2D eigenvalue weighted by atomic mass is 9.96. The molecule has 0 aliphatic heterocycles. The maximum absolute atomic E-state index is 9.77. The average Bonchev–Trinajstić information content (AvgIpc) is 2.67. The molecule has 3 unspecified atom stereocenters. The van der Waals surface area contributed by atoms with Crippen LogP contribution in [0.4, 0.5) is 0 Å². The number of benzene rings is 1. The Morgan fingerprint density at radius 3 is 2.92 bits per heavy atom. The summed E-state index contributed by atoms with van der Waals surface area (Å²) in [5.41, 5.74) is 2.97. The summed E-state index contributed by atoms with van der Waals surface area (Å²) in [7, 11) is 0. The summed E-state index contributed by atoms with van der Waals surface area (Å²) in [5.74, 6) is 1.18. The van der Waals surface area contributed by atoms with E-state index in [2.05, 4.69) is 24.3 Å². The molecule has 0 amide bonds. The highest BCUT2D eigenvalue weighted by molar-refractivity contribution is 5.37. The molecule has 1 saturated carbocycles. The fourth-order valence-electron chi connectivity index (χ4n) is 3.05. The van der Waals surface area contributed by atoms with Crippen LogP contribution in [0.3, 0.4) is 0 Å². The molecule has 1 heteroatoms. The van der Waals surface area contributed by atoms with Crippen molar-refractivity contribution >= 4 is 0 Å². The van der Waals surface area contributed by atoms with Gasteiger partial charge in [-0.05, 0) is 42.2 Å². The predicted molar refractivity (Wildman–Crippen MR) is 51.6 cm³/mol. The van der Waals surface area contributed by atoms with Gasteiger partial charge in [0.1, 0.15) is 0 Å². The number of hydrogen-bond donors (Lipinski definition) is 1. The monoisotopic (exact) mass is 174 g/mol. The molecule has 0 bridgehead atoms. The van der Waals surface area contributed by atoms with Gasteiger partial charge in [0, 0.05) is 0 Å². The van der Waals surface area contributed by atoms with E-state index in [1.54, 1.807) is 0 Å². The number of aliphatic hydroxyl groups excluding tert-OH is 1. The summed E-state index contributed by atoms with van der Waals surface area (Å²) in [6.45, 7) is 0. The van der Waals surface area contributed by atoms with E-state index in [1.165, 1.54) is 17.5 Å². The van der Waals surface area contributed by atoms with E-state index in [4.69, 9.17) is 0 Å². The van der Waals surface area contributed by atoms with Crippen molar-refractivity contribution in [3.63, 3.8) is 0 Å². The van der Waals surface area contributed by atoms with E-state index in [-0.39, 0.29) is 6.10 Å². The smallest absolute Gasteiger partial charge is 0.0577 e. The van der Waals surface area contributed by atoms with Gasteiger partial charge in [-0.15, -0.1) is 0 Å². The maximum atomic E-state index is 9.77. The van der Waals surface area contributed by atoms with E-state index in [0.717, 1.165) is 12.8 Å². The van der Waals surface area contributed by atoms with Gasteiger partial charge < -0.3 is 5.11 Å². The lowest BCUT2D eigenvalue weighted by molar-refractivity contribution is 0.132. The van der Waals surface area contributed by atoms with Crippen LogP contribution in [0.2, 0.25) is 0 Å². The summed E-state index contributed by atoms with van der Waals surface area (Å²) in [6, 6.07) is 8.66. The van der Waals surface area contributed by atoms with E-state index in [0.29, 0.717) is 11.8 Å². The molecule has 0 saturated heterocycles. The average molecular weight is 174 g/mol. The first-order valence-electron chi connectivity index (χ1n) is 5.12. The maximum Gasteiger partial charge on any atom is 0.0577 e. The first-order chi connectivity index (χ1) is 6.36. The normalized spacial score (nSPS) is 35.9. The van der Waals surface area contributed by atoms with Gasteiger partial charge in [0.15, 0.2) is 0 Å². The lowest BCUT2D eigenvalue weighted by Gasteiger charge is -2.12. The molecule has 0 aromatic heterocycles. The zero-order valence-electron chi connectivity index (χ0n) is 7.61. The van der Waals surface area contributed by atoms with E-state index >= 15 is 0 Å². The zero-order valence-corrected chi connectivity index (χ0v) is 7.61. The van der Waals surface area contributed by atoms with Gasteiger partial charge in [-0.1, -0.05) is 24.3 Å². The Morgan fingerprint density at radius 2 is 2.00 bits per heavy atom. The van der Waals surface area contributed by atoms with Gasteiger partial charge in [-0.3, -0.25) is 0 Å². The van der Waals surface area contributed by atoms with Crippen LogP contribution in [-0.2, 0) is 6.42 Å².